The molecule has 0 saturated carbocycles. The Morgan fingerprint density at radius 2 is 1.79 bits per heavy atom. The van der Waals surface area contributed by atoms with Crippen LogP contribution in [0.3, 0.4) is 0 Å². The fourth-order valence-corrected chi connectivity index (χ4v) is 4.87. The van der Waals surface area contributed by atoms with Crippen molar-refractivity contribution in [2.45, 2.75) is 45.1 Å². The average Bonchev–Trinajstić information content (AvgIpc) is 2.88. The summed E-state index contributed by atoms with van der Waals surface area (Å²) < 4.78 is 0. The molecule has 4 rings (SSSR count). The molecule has 2 aliphatic heterocycles. The highest BCUT2D eigenvalue weighted by Crippen LogP contribution is 2.39. The fourth-order valence-electron chi connectivity index (χ4n) is 4.71. The second-order valence-corrected chi connectivity index (χ2v) is 8.80. The number of anilines is 2. The van der Waals surface area contributed by atoms with Gasteiger partial charge in [-0.25, -0.2) is 0 Å². The van der Waals surface area contributed by atoms with E-state index in [9.17, 15) is 9.90 Å². The molecule has 2 aromatic rings. The van der Waals surface area contributed by atoms with Gasteiger partial charge in [0.2, 0.25) is 0 Å². The summed E-state index contributed by atoms with van der Waals surface area (Å²) in [6.07, 6.45) is 4.60. The molecule has 0 radical (unpaired) electrons. The number of likely N-dealkylation sites (tertiary alicyclic amines) is 1. The minimum absolute atomic E-state index is 0.171. The van der Waals surface area contributed by atoms with Crippen LogP contribution in [0.25, 0.3) is 0 Å². The van der Waals surface area contributed by atoms with Crippen molar-refractivity contribution in [2.24, 2.45) is 5.92 Å². The van der Waals surface area contributed by atoms with Crippen LogP contribution in [0.5, 0.6) is 0 Å². The number of carboxylic acid groups (broad SMARTS) is 1. The molecule has 4 nitrogen and oxygen atoms in total. The number of hydrogen-bond acceptors (Lipinski definition) is 3. The van der Waals surface area contributed by atoms with E-state index in [0.29, 0.717) is 6.04 Å². The van der Waals surface area contributed by atoms with Crippen molar-refractivity contribution in [3.8, 4) is 0 Å². The Kier molecular flexibility index (Phi) is 6.12. The topological polar surface area (TPSA) is 43.8 Å². The first-order valence-corrected chi connectivity index (χ1v) is 11.0. The summed E-state index contributed by atoms with van der Waals surface area (Å²) in [5, 5.41) is 9.99. The van der Waals surface area contributed by atoms with Crippen LogP contribution in [0, 0.1) is 5.92 Å². The summed E-state index contributed by atoms with van der Waals surface area (Å²) in [6, 6.07) is 15.3. The fraction of sp³-hybridized carbons (Fsp3) is 0.458. The van der Waals surface area contributed by atoms with Gasteiger partial charge in [-0.05, 0) is 81.4 Å². The Labute approximate surface area is 178 Å². The molecular formula is C24H29ClN2O2. The smallest absolute Gasteiger partial charge is 0.306 e. The predicted octanol–water partition coefficient (Wildman–Crippen LogP) is 5.15. The quantitative estimate of drug-likeness (QED) is 0.737. The third-order valence-electron chi connectivity index (χ3n) is 6.46. The molecule has 1 atom stereocenters. The maximum absolute atomic E-state index is 11.2. The maximum Gasteiger partial charge on any atom is 0.306 e. The molecule has 0 aromatic heterocycles. The van der Waals surface area contributed by atoms with Crippen LogP contribution in [-0.4, -0.2) is 41.7 Å². The number of halogens is 1. The monoisotopic (exact) mass is 412 g/mol. The molecule has 5 heteroatoms. The van der Waals surface area contributed by atoms with E-state index >= 15 is 0 Å². The summed E-state index contributed by atoms with van der Waals surface area (Å²) in [5.74, 6) is -0.817. The lowest BCUT2D eigenvalue weighted by Crippen LogP contribution is -2.39. The molecule has 1 unspecified atom stereocenters. The zero-order valence-corrected chi connectivity index (χ0v) is 17.7. The van der Waals surface area contributed by atoms with Crippen molar-refractivity contribution in [3.05, 3.63) is 58.6 Å². The number of para-hydroxylation sites is 1. The number of hydrogen-bond donors (Lipinski definition) is 1. The Balaban J connectivity index is 1.52. The van der Waals surface area contributed by atoms with E-state index in [4.69, 9.17) is 11.6 Å². The number of aryl methyl sites for hydroxylation is 2. The van der Waals surface area contributed by atoms with Crippen LogP contribution in [0.2, 0.25) is 5.02 Å². The maximum atomic E-state index is 11.2. The standard InChI is InChI=1S/C24H29ClN2O2/c1-17(10-13-26-14-11-20(12-15-26)24(28)29)27-22-5-3-2-4-18(22)6-7-19-8-9-21(25)16-23(19)27/h2-5,8-9,16-17,20H,6-7,10-15H2,1H3,(H,28,29). The van der Waals surface area contributed by atoms with E-state index in [0.717, 1.165) is 56.8 Å². The predicted molar refractivity (Wildman–Crippen MR) is 118 cm³/mol. The van der Waals surface area contributed by atoms with Crippen LogP contribution >= 0.6 is 11.6 Å². The molecule has 1 saturated heterocycles. The van der Waals surface area contributed by atoms with E-state index in [1.165, 1.54) is 22.5 Å². The molecule has 1 fully saturated rings. The summed E-state index contributed by atoms with van der Waals surface area (Å²) in [4.78, 5) is 16.1. The van der Waals surface area contributed by atoms with Crippen molar-refractivity contribution in [1.29, 1.82) is 0 Å². The molecule has 154 valence electrons. The van der Waals surface area contributed by atoms with Crippen LogP contribution in [-0.2, 0) is 17.6 Å². The van der Waals surface area contributed by atoms with Crippen LogP contribution < -0.4 is 4.90 Å². The first kappa shape index (κ1) is 20.2. The minimum atomic E-state index is -0.646. The lowest BCUT2D eigenvalue weighted by Gasteiger charge is -2.36. The van der Waals surface area contributed by atoms with Gasteiger partial charge in [-0.2, -0.15) is 0 Å². The normalized spacial score (nSPS) is 18.6. The van der Waals surface area contributed by atoms with Gasteiger partial charge in [0, 0.05) is 29.0 Å². The summed E-state index contributed by atoms with van der Waals surface area (Å²) in [6.45, 7) is 5.03. The zero-order chi connectivity index (χ0) is 20.4. The van der Waals surface area contributed by atoms with Crippen LogP contribution in [0.4, 0.5) is 11.4 Å². The Morgan fingerprint density at radius 1 is 1.10 bits per heavy atom. The molecule has 0 aliphatic carbocycles. The number of carboxylic acids is 1. The summed E-state index contributed by atoms with van der Waals surface area (Å²) >= 11 is 6.38. The van der Waals surface area contributed by atoms with Crippen molar-refractivity contribution in [3.63, 3.8) is 0 Å². The molecule has 1 N–H and O–H groups in total. The highest BCUT2D eigenvalue weighted by Gasteiger charge is 2.27. The number of benzene rings is 2. The largest absolute Gasteiger partial charge is 0.481 e. The van der Waals surface area contributed by atoms with Gasteiger partial charge in [-0.1, -0.05) is 35.9 Å². The van der Waals surface area contributed by atoms with Crippen LogP contribution in [0.1, 0.15) is 37.3 Å². The molecule has 29 heavy (non-hydrogen) atoms. The Hall–Kier alpha value is -2.04. The third-order valence-corrected chi connectivity index (χ3v) is 6.70. The van der Waals surface area contributed by atoms with Crippen molar-refractivity contribution < 1.29 is 9.90 Å². The van der Waals surface area contributed by atoms with Gasteiger partial charge in [0.15, 0.2) is 0 Å². The number of nitrogens with zero attached hydrogens (tertiary/aromatic N) is 2. The number of carbonyl (C=O) groups is 1. The first-order chi connectivity index (χ1) is 14.0. The van der Waals surface area contributed by atoms with E-state index < -0.39 is 5.97 Å². The summed E-state index contributed by atoms with van der Waals surface area (Å²) in [5.41, 5.74) is 5.24. The zero-order valence-electron chi connectivity index (χ0n) is 17.0. The highest BCUT2D eigenvalue weighted by atomic mass is 35.5. The lowest BCUT2D eigenvalue weighted by atomic mass is 9.97. The molecular weight excluding hydrogens is 384 g/mol. The van der Waals surface area contributed by atoms with Gasteiger partial charge in [-0.3, -0.25) is 4.79 Å². The minimum Gasteiger partial charge on any atom is -0.481 e. The number of piperidine rings is 1. The molecule has 0 spiro atoms. The van der Waals surface area contributed by atoms with E-state index in [2.05, 4.69) is 53.1 Å². The van der Waals surface area contributed by atoms with Gasteiger partial charge >= 0.3 is 5.97 Å². The van der Waals surface area contributed by atoms with Crippen molar-refractivity contribution in [2.75, 3.05) is 24.5 Å². The number of rotatable bonds is 5. The molecule has 2 aliphatic rings. The first-order valence-electron chi connectivity index (χ1n) is 10.6. The highest BCUT2D eigenvalue weighted by molar-refractivity contribution is 6.30. The second-order valence-electron chi connectivity index (χ2n) is 8.36. The van der Waals surface area contributed by atoms with Gasteiger partial charge in [-0.15, -0.1) is 0 Å². The van der Waals surface area contributed by atoms with Gasteiger partial charge in [0.1, 0.15) is 0 Å². The van der Waals surface area contributed by atoms with Crippen molar-refractivity contribution >= 4 is 28.9 Å². The van der Waals surface area contributed by atoms with Gasteiger partial charge in [0.25, 0.3) is 0 Å². The molecule has 2 heterocycles. The third kappa shape index (κ3) is 4.44. The van der Waals surface area contributed by atoms with Gasteiger partial charge < -0.3 is 14.9 Å². The van der Waals surface area contributed by atoms with Gasteiger partial charge in [0.05, 0.1) is 5.92 Å². The second kappa shape index (κ2) is 8.76. The Morgan fingerprint density at radius 3 is 2.52 bits per heavy atom. The van der Waals surface area contributed by atoms with Crippen LogP contribution in [0.15, 0.2) is 42.5 Å². The summed E-state index contributed by atoms with van der Waals surface area (Å²) in [7, 11) is 0. The SMILES string of the molecule is CC(CCN1CCC(C(=O)O)CC1)N1c2ccccc2CCc2ccc(Cl)cc21. The van der Waals surface area contributed by atoms with E-state index in [1.54, 1.807) is 0 Å². The number of aliphatic carboxylic acids is 1. The van der Waals surface area contributed by atoms with E-state index in [-0.39, 0.29) is 5.92 Å². The van der Waals surface area contributed by atoms with Crippen molar-refractivity contribution in [1.82, 2.24) is 4.90 Å². The number of fused-ring (bicyclic) bond motifs is 2. The molecule has 2 aromatic carbocycles. The Bertz CT molecular complexity index is 877. The lowest BCUT2D eigenvalue weighted by molar-refractivity contribution is -0.143. The molecule has 0 bridgehead atoms. The average molecular weight is 413 g/mol. The molecule has 0 amide bonds. The van der Waals surface area contributed by atoms with E-state index in [1.807, 2.05) is 6.07 Å².